The van der Waals surface area contributed by atoms with Gasteiger partial charge in [0.15, 0.2) is 0 Å². The molecule has 44 heavy (non-hydrogen) atoms. The summed E-state index contributed by atoms with van der Waals surface area (Å²) in [6, 6.07) is 11.6. The number of benzene rings is 2. The molecule has 0 bridgehead atoms. The van der Waals surface area contributed by atoms with E-state index in [1.54, 1.807) is 46.0 Å². The Morgan fingerprint density at radius 1 is 1.09 bits per heavy atom. The molecule has 10 nitrogen and oxygen atoms in total. The van der Waals surface area contributed by atoms with Gasteiger partial charge in [0.25, 0.3) is 5.91 Å². The first-order valence-corrected chi connectivity index (χ1v) is 16.9. The molecule has 224 valence electrons. The van der Waals surface area contributed by atoms with Crippen molar-refractivity contribution in [1.29, 1.82) is 0 Å². The molecule has 8 rings (SSSR count). The molecule has 0 radical (unpaired) electrons. The predicted octanol–water partition coefficient (Wildman–Crippen LogP) is 6.52. The van der Waals surface area contributed by atoms with Crippen molar-refractivity contribution < 1.29 is 19.0 Å². The minimum Gasteiger partial charge on any atom is -0.497 e. The summed E-state index contributed by atoms with van der Waals surface area (Å²) in [5, 5.41) is 9.56. The molecule has 1 saturated carbocycles. The number of nitrogens with zero attached hydrogens (tertiary/aromatic N) is 6. The van der Waals surface area contributed by atoms with Crippen molar-refractivity contribution in [2.24, 2.45) is 0 Å². The van der Waals surface area contributed by atoms with Crippen LogP contribution in [0.2, 0.25) is 0 Å². The van der Waals surface area contributed by atoms with Gasteiger partial charge in [-0.2, -0.15) is 5.10 Å². The minimum atomic E-state index is 0.00299. The number of hydrogen-bond acceptors (Lipinski definition) is 11. The summed E-state index contributed by atoms with van der Waals surface area (Å²) in [6.45, 7) is 1.59. The van der Waals surface area contributed by atoms with Crippen LogP contribution in [0, 0.1) is 0 Å². The highest BCUT2D eigenvalue weighted by molar-refractivity contribution is 7.22. The van der Waals surface area contributed by atoms with Crippen LogP contribution in [-0.4, -0.2) is 68.8 Å². The molecule has 5 heterocycles. The molecule has 2 aromatic carbocycles. The molecule has 13 heteroatoms. The molecular weight excluding hydrogens is 617 g/mol. The van der Waals surface area contributed by atoms with Gasteiger partial charge in [0.05, 0.1) is 41.9 Å². The van der Waals surface area contributed by atoms with E-state index in [2.05, 4.69) is 0 Å². The maximum absolute atomic E-state index is 12.9. The Morgan fingerprint density at radius 2 is 1.95 bits per heavy atom. The van der Waals surface area contributed by atoms with Crippen LogP contribution in [0.1, 0.15) is 46.2 Å². The smallest absolute Gasteiger partial charge is 0.253 e. The summed E-state index contributed by atoms with van der Waals surface area (Å²) >= 11 is 4.75. The number of aromatic nitrogens is 5. The highest BCUT2D eigenvalue weighted by Gasteiger charge is 2.28. The topological polar surface area (TPSA) is 104 Å². The van der Waals surface area contributed by atoms with E-state index >= 15 is 0 Å². The molecule has 1 atom stereocenters. The standard InChI is InChI=1S/C31H28N6O4S3/c1-36(21-9-10-40-15-21)30(38)19-7-5-17(6-8-19)27-32-20(16-42-27)14-41-25-12-22(39-2)11-23-26(25)43-29(33-23)24-13-37-31(34-24)44-28(35-37)18-3-4-18/h5-8,11-13,16,18,21H,3-4,9-10,14-15H2,1-2H3/t21-/m0/s1. The molecular formula is C31H28N6O4S3. The number of rotatable bonds is 9. The number of carbonyl (C=O) groups is 1. The van der Waals surface area contributed by atoms with Crippen LogP contribution >= 0.6 is 34.0 Å². The highest BCUT2D eigenvalue weighted by atomic mass is 32.1. The van der Waals surface area contributed by atoms with Gasteiger partial charge in [0, 0.05) is 48.2 Å². The number of amides is 1. The van der Waals surface area contributed by atoms with Crippen LogP contribution in [0.25, 0.3) is 36.5 Å². The molecule has 1 saturated heterocycles. The summed E-state index contributed by atoms with van der Waals surface area (Å²) < 4.78 is 20.1. The Morgan fingerprint density at radius 3 is 2.70 bits per heavy atom. The van der Waals surface area contributed by atoms with E-state index in [1.807, 2.05) is 59.5 Å². The number of methoxy groups -OCH3 is 1. The molecule has 2 fully saturated rings. The lowest BCUT2D eigenvalue weighted by atomic mass is 10.1. The quantitative estimate of drug-likeness (QED) is 0.175. The zero-order valence-corrected chi connectivity index (χ0v) is 26.5. The lowest BCUT2D eigenvalue weighted by Crippen LogP contribution is -2.37. The highest BCUT2D eigenvalue weighted by Crippen LogP contribution is 2.43. The Bertz CT molecular complexity index is 1950. The Labute approximate surface area is 264 Å². The number of ether oxygens (including phenoxy) is 3. The number of thiazole rings is 2. The molecule has 0 unspecified atom stereocenters. The number of likely N-dealkylation sites (N-methyl/N-ethyl adjacent to an activating group) is 1. The van der Waals surface area contributed by atoms with Crippen molar-refractivity contribution in [1.82, 2.24) is 29.5 Å². The van der Waals surface area contributed by atoms with Crippen molar-refractivity contribution in [3.63, 3.8) is 0 Å². The van der Waals surface area contributed by atoms with Crippen molar-refractivity contribution >= 4 is 55.1 Å². The fourth-order valence-electron chi connectivity index (χ4n) is 5.24. The zero-order valence-electron chi connectivity index (χ0n) is 24.1. The molecule has 6 aromatic rings. The van der Waals surface area contributed by atoms with E-state index in [9.17, 15) is 4.79 Å². The van der Waals surface area contributed by atoms with Crippen LogP contribution in [0.3, 0.4) is 0 Å². The molecule has 1 aliphatic heterocycles. The van der Waals surface area contributed by atoms with Gasteiger partial charge in [-0.3, -0.25) is 4.79 Å². The summed E-state index contributed by atoms with van der Waals surface area (Å²) in [5.74, 6) is 1.97. The fraction of sp³-hybridized carbons (Fsp3) is 0.323. The number of imidazole rings is 1. The van der Waals surface area contributed by atoms with E-state index in [0.29, 0.717) is 42.8 Å². The molecule has 1 aliphatic carbocycles. The molecule has 0 spiro atoms. The minimum absolute atomic E-state index is 0.00299. The lowest BCUT2D eigenvalue weighted by molar-refractivity contribution is 0.0711. The fourth-order valence-corrected chi connectivity index (χ4v) is 8.06. The number of fused-ring (bicyclic) bond motifs is 2. The molecule has 4 aromatic heterocycles. The Hall–Kier alpha value is -3.91. The van der Waals surface area contributed by atoms with Crippen molar-refractivity contribution in [3.05, 3.63) is 64.2 Å². The monoisotopic (exact) mass is 644 g/mol. The van der Waals surface area contributed by atoms with Crippen LogP contribution < -0.4 is 9.47 Å². The second-order valence-corrected chi connectivity index (χ2v) is 13.8. The largest absolute Gasteiger partial charge is 0.497 e. The maximum atomic E-state index is 12.9. The van der Waals surface area contributed by atoms with Crippen molar-refractivity contribution in [3.8, 4) is 32.8 Å². The third-order valence-electron chi connectivity index (χ3n) is 7.95. The van der Waals surface area contributed by atoms with Gasteiger partial charge >= 0.3 is 0 Å². The summed E-state index contributed by atoms with van der Waals surface area (Å²) in [5.41, 5.74) is 4.03. The lowest BCUT2D eigenvalue weighted by Gasteiger charge is -2.23. The molecule has 0 N–H and O–H groups in total. The zero-order chi connectivity index (χ0) is 29.8. The first-order chi connectivity index (χ1) is 21.5. The second kappa shape index (κ2) is 11.2. The Balaban J connectivity index is 0.985. The molecule has 1 amide bonds. The average molecular weight is 645 g/mol. The van der Waals surface area contributed by atoms with Gasteiger partial charge in [0.2, 0.25) is 4.96 Å². The summed E-state index contributed by atoms with van der Waals surface area (Å²) in [6.07, 6.45) is 5.27. The molecule has 2 aliphatic rings. The SMILES string of the molecule is COc1cc(OCc2csc(-c3ccc(C(=O)N(C)[C@H]4CCOC4)cc3)n2)c2sc(-c3cn4nc(C5CC5)sc4n3)nc2c1. The van der Waals surface area contributed by atoms with Crippen molar-refractivity contribution in [2.75, 3.05) is 27.4 Å². The second-order valence-electron chi connectivity index (χ2n) is 11.0. The first kappa shape index (κ1) is 27.6. The van der Waals surface area contributed by atoms with Gasteiger partial charge in [-0.1, -0.05) is 23.5 Å². The van der Waals surface area contributed by atoms with E-state index in [4.69, 9.17) is 34.3 Å². The van der Waals surface area contributed by atoms with Crippen LogP contribution in [0.5, 0.6) is 11.5 Å². The summed E-state index contributed by atoms with van der Waals surface area (Å²) in [4.78, 5) is 30.1. The van der Waals surface area contributed by atoms with Crippen LogP contribution in [-0.2, 0) is 11.3 Å². The van der Waals surface area contributed by atoms with E-state index in [1.165, 1.54) is 17.8 Å². The Kier molecular flexibility index (Phi) is 7.05. The van der Waals surface area contributed by atoms with Gasteiger partial charge < -0.3 is 19.1 Å². The van der Waals surface area contributed by atoms with Crippen LogP contribution in [0.4, 0.5) is 0 Å². The average Bonchev–Trinajstić information content (AvgIpc) is 3.58. The predicted molar refractivity (Wildman–Crippen MR) is 171 cm³/mol. The summed E-state index contributed by atoms with van der Waals surface area (Å²) in [7, 11) is 3.48. The third kappa shape index (κ3) is 5.23. The first-order valence-electron chi connectivity index (χ1n) is 14.4. The van der Waals surface area contributed by atoms with Crippen molar-refractivity contribution in [2.45, 2.75) is 37.8 Å². The third-order valence-corrected chi connectivity index (χ3v) is 11.1. The number of hydrogen-bond donors (Lipinski definition) is 0. The number of carbonyl (C=O) groups excluding carboxylic acids is 1. The maximum Gasteiger partial charge on any atom is 0.253 e. The van der Waals surface area contributed by atoms with Gasteiger partial charge in [-0.25, -0.2) is 19.5 Å². The van der Waals surface area contributed by atoms with Gasteiger partial charge in [-0.15, -0.1) is 22.7 Å². The van der Waals surface area contributed by atoms with E-state index in [-0.39, 0.29) is 11.9 Å². The normalized spacial score (nSPS) is 16.6. The van der Waals surface area contributed by atoms with Gasteiger partial charge in [0.1, 0.15) is 38.8 Å². The van der Waals surface area contributed by atoms with Gasteiger partial charge in [-0.05, 0) is 31.4 Å². The van der Waals surface area contributed by atoms with E-state index < -0.39 is 0 Å². The van der Waals surface area contributed by atoms with Crippen LogP contribution in [0.15, 0.2) is 48.0 Å². The van der Waals surface area contributed by atoms with E-state index in [0.717, 1.165) is 48.6 Å².